The molecule has 1 rings (SSSR count). The third kappa shape index (κ3) is 4.32. The van der Waals surface area contributed by atoms with E-state index < -0.39 is 0 Å². The first-order valence-corrected chi connectivity index (χ1v) is 7.25. The summed E-state index contributed by atoms with van der Waals surface area (Å²) in [7, 11) is 0. The first-order chi connectivity index (χ1) is 8.22. The predicted molar refractivity (Wildman–Crippen MR) is 79.7 cm³/mol. The highest BCUT2D eigenvalue weighted by atomic mass is 79.9. The van der Waals surface area contributed by atoms with Crippen molar-refractivity contribution < 1.29 is 0 Å². The van der Waals surface area contributed by atoms with E-state index in [4.69, 9.17) is 5.73 Å². The van der Waals surface area contributed by atoms with Crippen LogP contribution in [0.15, 0.2) is 22.7 Å². The van der Waals surface area contributed by atoms with Gasteiger partial charge in [-0.15, -0.1) is 0 Å². The van der Waals surface area contributed by atoms with Crippen molar-refractivity contribution in [2.75, 3.05) is 24.5 Å². The van der Waals surface area contributed by atoms with E-state index in [1.807, 2.05) is 0 Å². The molecule has 0 saturated heterocycles. The number of benzene rings is 1. The topological polar surface area (TPSA) is 29.3 Å². The van der Waals surface area contributed by atoms with E-state index in [9.17, 15) is 0 Å². The fraction of sp³-hybridized carbons (Fsp3) is 0.571. The molecule has 0 aromatic heterocycles. The van der Waals surface area contributed by atoms with Gasteiger partial charge in [0.05, 0.1) is 0 Å². The zero-order valence-corrected chi connectivity index (χ0v) is 12.5. The van der Waals surface area contributed by atoms with Crippen LogP contribution in [0, 0.1) is 0 Å². The fourth-order valence-corrected chi connectivity index (χ4v) is 2.52. The van der Waals surface area contributed by atoms with E-state index in [2.05, 4.69) is 52.9 Å². The lowest BCUT2D eigenvalue weighted by Gasteiger charge is -2.26. The number of hydrogen-bond acceptors (Lipinski definition) is 2. The second-order valence-electron chi connectivity index (χ2n) is 4.30. The van der Waals surface area contributed by atoms with Crippen LogP contribution in [0.4, 0.5) is 5.69 Å². The third-order valence-electron chi connectivity index (χ3n) is 2.78. The van der Waals surface area contributed by atoms with E-state index in [1.165, 1.54) is 24.1 Å². The molecule has 0 fully saturated rings. The average Bonchev–Trinajstić information content (AvgIpc) is 2.30. The Morgan fingerprint density at radius 3 is 2.35 bits per heavy atom. The molecule has 0 spiro atoms. The Bertz CT molecular complexity index is 333. The maximum atomic E-state index is 5.69. The highest BCUT2D eigenvalue weighted by Gasteiger charge is 2.09. The van der Waals surface area contributed by atoms with Crippen molar-refractivity contribution in [3.05, 3.63) is 28.2 Å². The van der Waals surface area contributed by atoms with Crippen molar-refractivity contribution >= 4 is 21.6 Å². The van der Waals surface area contributed by atoms with Crippen LogP contribution < -0.4 is 10.6 Å². The molecule has 0 amide bonds. The first-order valence-electron chi connectivity index (χ1n) is 6.46. The molecule has 0 saturated carbocycles. The molecule has 0 unspecified atom stereocenters. The van der Waals surface area contributed by atoms with Gasteiger partial charge in [0.2, 0.25) is 0 Å². The first kappa shape index (κ1) is 14.5. The van der Waals surface area contributed by atoms with Crippen LogP contribution >= 0.6 is 15.9 Å². The molecule has 0 radical (unpaired) electrons. The smallest absolute Gasteiger partial charge is 0.0400 e. The number of anilines is 1. The standard InChI is InChI=1S/C14H23BrN2/c1-3-9-17(10-4-2)14-6-5-13(15)11-12(14)7-8-16/h5-6,11H,3-4,7-10,16H2,1-2H3. The number of nitrogens with two attached hydrogens (primary N) is 1. The SMILES string of the molecule is CCCN(CCC)c1ccc(Br)cc1CCN. The van der Waals surface area contributed by atoms with E-state index in [0.717, 1.165) is 24.0 Å². The zero-order chi connectivity index (χ0) is 12.7. The van der Waals surface area contributed by atoms with Crippen LogP contribution in [0.25, 0.3) is 0 Å². The Labute approximate surface area is 113 Å². The summed E-state index contributed by atoms with van der Waals surface area (Å²) >= 11 is 3.53. The lowest BCUT2D eigenvalue weighted by molar-refractivity contribution is 0.739. The molecular formula is C14H23BrN2. The van der Waals surface area contributed by atoms with Gasteiger partial charge in [0.1, 0.15) is 0 Å². The molecule has 17 heavy (non-hydrogen) atoms. The van der Waals surface area contributed by atoms with Gasteiger partial charge in [-0.25, -0.2) is 0 Å². The molecule has 0 atom stereocenters. The van der Waals surface area contributed by atoms with Gasteiger partial charge in [-0.1, -0.05) is 29.8 Å². The van der Waals surface area contributed by atoms with Crippen molar-refractivity contribution in [1.82, 2.24) is 0 Å². The summed E-state index contributed by atoms with van der Waals surface area (Å²) in [5.41, 5.74) is 8.39. The van der Waals surface area contributed by atoms with Crippen molar-refractivity contribution in [3.8, 4) is 0 Å². The van der Waals surface area contributed by atoms with E-state index in [-0.39, 0.29) is 0 Å². The number of hydrogen-bond donors (Lipinski definition) is 1. The van der Waals surface area contributed by atoms with Gasteiger partial charge in [0.15, 0.2) is 0 Å². The van der Waals surface area contributed by atoms with E-state index in [0.29, 0.717) is 6.54 Å². The minimum absolute atomic E-state index is 0.704. The minimum atomic E-state index is 0.704. The van der Waals surface area contributed by atoms with Gasteiger partial charge in [-0.3, -0.25) is 0 Å². The summed E-state index contributed by atoms with van der Waals surface area (Å²) in [5.74, 6) is 0. The maximum absolute atomic E-state index is 5.69. The predicted octanol–water partition coefficient (Wildman–Crippen LogP) is 3.58. The van der Waals surface area contributed by atoms with Crippen LogP contribution in [0.5, 0.6) is 0 Å². The number of nitrogens with zero attached hydrogens (tertiary/aromatic N) is 1. The van der Waals surface area contributed by atoms with E-state index >= 15 is 0 Å². The van der Waals surface area contributed by atoms with Gasteiger partial charge >= 0.3 is 0 Å². The summed E-state index contributed by atoms with van der Waals surface area (Å²) in [4.78, 5) is 2.47. The molecule has 0 bridgehead atoms. The second kappa shape index (κ2) is 7.72. The van der Waals surface area contributed by atoms with Gasteiger partial charge in [0.25, 0.3) is 0 Å². The maximum Gasteiger partial charge on any atom is 0.0400 e. The van der Waals surface area contributed by atoms with Crippen molar-refractivity contribution in [3.63, 3.8) is 0 Å². The normalized spacial score (nSPS) is 10.6. The average molecular weight is 299 g/mol. The Balaban J connectivity index is 2.98. The van der Waals surface area contributed by atoms with Gasteiger partial charge in [-0.2, -0.15) is 0 Å². The summed E-state index contributed by atoms with van der Waals surface area (Å²) < 4.78 is 1.14. The molecule has 3 heteroatoms. The van der Waals surface area contributed by atoms with Crippen molar-refractivity contribution in [2.24, 2.45) is 5.73 Å². The highest BCUT2D eigenvalue weighted by Crippen LogP contribution is 2.25. The van der Waals surface area contributed by atoms with Crippen LogP contribution in [0.2, 0.25) is 0 Å². The van der Waals surface area contributed by atoms with Crippen LogP contribution in [0.3, 0.4) is 0 Å². The number of halogens is 1. The molecule has 1 aromatic rings. The van der Waals surface area contributed by atoms with Crippen molar-refractivity contribution in [2.45, 2.75) is 33.1 Å². The Morgan fingerprint density at radius 2 is 1.82 bits per heavy atom. The monoisotopic (exact) mass is 298 g/mol. The van der Waals surface area contributed by atoms with Crippen molar-refractivity contribution in [1.29, 1.82) is 0 Å². The molecule has 1 aromatic carbocycles. The van der Waals surface area contributed by atoms with Crippen LogP contribution in [-0.2, 0) is 6.42 Å². The summed E-state index contributed by atoms with van der Waals surface area (Å²) in [5, 5.41) is 0. The fourth-order valence-electron chi connectivity index (χ4n) is 2.11. The third-order valence-corrected chi connectivity index (χ3v) is 3.28. The van der Waals surface area contributed by atoms with Gasteiger partial charge in [-0.05, 0) is 49.6 Å². The molecule has 2 nitrogen and oxygen atoms in total. The Kier molecular flexibility index (Phi) is 6.60. The Hall–Kier alpha value is -0.540. The quantitative estimate of drug-likeness (QED) is 0.834. The lowest BCUT2D eigenvalue weighted by Crippen LogP contribution is -2.26. The largest absolute Gasteiger partial charge is 0.371 e. The molecule has 96 valence electrons. The lowest BCUT2D eigenvalue weighted by atomic mass is 10.1. The molecule has 0 aliphatic rings. The molecular weight excluding hydrogens is 276 g/mol. The Morgan fingerprint density at radius 1 is 1.18 bits per heavy atom. The second-order valence-corrected chi connectivity index (χ2v) is 5.21. The number of rotatable bonds is 7. The van der Waals surface area contributed by atoms with Crippen LogP contribution in [0.1, 0.15) is 32.3 Å². The molecule has 0 aliphatic carbocycles. The highest BCUT2D eigenvalue weighted by molar-refractivity contribution is 9.10. The molecule has 0 aliphatic heterocycles. The molecule has 2 N–H and O–H groups in total. The van der Waals surface area contributed by atoms with Gasteiger partial charge < -0.3 is 10.6 Å². The summed E-state index contributed by atoms with van der Waals surface area (Å²) in [6.45, 7) is 7.39. The minimum Gasteiger partial charge on any atom is -0.371 e. The van der Waals surface area contributed by atoms with Gasteiger partial charge in [0, 0.05) is 23.2 Å². The molecule has 0 heterocycles. The van der Waals surface area contributed by atoms with E-state index in [1.54, 1.807) is 0 Å². The summed E-state index contributed by atoms with van der Waals surface area (Å²) in [6, 6.07) is 6.52. The summed E-state index contributed by atoms with van der Waals surface area (Å²) in [6.07, 6.45) is 3.30. The van der Waals surface area contributed by atoms with Crippen LogP contribution in [-0.4, -0.2) is 19.6 Å². The zero-order valence-electron chi connectivity index (χ0n) is 10.9.